The number of nitrogens with zero attached hydrogens (tertiary/aromatic N) is 1. The zero-order valence-corrected chi connectivity index (χ0v) is 27.5. The fourth-order valence-corrected chi connectivity index (χ4v) is 6.01. The SMILES string of the molecule is C=CCCSC1OC(C=N[S+]([O-])C(C)(C)C)C(OC(=O)c2ccccc2)C(OC(=O)c2ccccc2)C1OC(=O)c1ccccc1. The van der Waals surface area contributed by atoms with Crippen molar-refractivity contribution >= 4 is 47.2 Å². The Morgan fingerprint density at radius 1 is 0.804 bits per heavy atom. The lowest BCUT2D eigenvalue weighted by Crippen LogP contribution is -2.61. The standard InChI is InChI=1S/C35H37NO8S2/c1-5-6-22-45-34-30(44-33(39)26-20-14-9-15-21-26)29(43-32(38)25-18-12-8-13-19-25)28(42-31(37)24-16-10-7-11-17-24)27(41-34)23-36-46(40)35(2,3)4/h5,7-21,23,27-30,34H,1,6,22H2,2-4H3. The monoisotopic (exact) mass is 663 g/mol. The highest BCUT2D eigenvalue weighted by Gasteiger charge is 2.52. The first kappa shape index (κ1) is 35.0. The van der Waals surface area contributed by atoms with Crippen LogP contribution in [0.2, 0.25) is 0 Å². The molecule has 6 unspecified atom stereocenters. The second-order valence-electron chi connectivity index (χ2n) is 11.2. The second-order valence-corrected chi connectivity index (χ2v) is 14.4. The van der Waals surface area contributed by atoms with Gasteiger partial charge in [-0.15, -0.1) is 18.3 Å². The molecule has 3 aromatic rings. The number of esters is 3. The van der Waals surface area contributed by atoms with E-state index in [4.69, 9.17) is 18.9 Å². The number of allylic oxidation sites excluding steroid dienone is 1. The van der Waals surface area contributed by atoms with Crippen molar-refractivity contribution in [2.75, 3.05) is 5.75 Å². The minimum Gasteiger partial charge on any atom is -0.591 e. The van der Waals surface area contributed by atoms with Crippen molar-refractivity contribution in [3.8, 4) is 0 Å². The van der Waals surface area contributed by atoms with E-state index in [0.29, 0.717) is 12.2 Å². The topological polar surface area (TPSA) is 124 Å². The first-order valence-corrected chi connectivity index (χ1v) is 16.9. The van der Waals surface area contributed by atoms with Crippen LogP contribution in [0.4, 0.5) is 0 Å². The number of benzene rings is 3. The molecule has 1 aliphatic heterocycles. The first-order chi connectivity index (χ1) is 22.1. The van der Waals surface area contributed by atoms with Crippen molar-refractivity contribution < 1.29 is 37.9 Å². The molecule has 0 radical (unpaired) electrons. The van der Waals surface area contributed by atoms with E-state index in [0.717, 1.165) is 0 Å². The van der Waals surface area contributed by atoms with E-state index in [1.54, 1.807) is 118 Å². The molecule has 242 valence electrons. The van der Waals surface area contributed by atoms with Crippen molar-refractivity contribution in [1.29, 1.82) is 0 Å². The lowest BCUT2D eigenvalue weighted by molar-refractivity contribution is -0.181. The molecule has 0 N–H and O–H groups in total. The Hall–Kier alpha value is -3.90. The molecule has 46 heavy (non-hydrogen) atoms. The van der Waals surface area contributed by atoms with Crippen LogP contribution in [0.25, 0.3) is 0 Å². The zero-order valence-electron chi connectivity index (χ0n) is 25.9. The molecule has 1 aliphatic rings. The van der Waals surface area contributed by atoms with Crippen LogP contribution < -0.4 is 0 Å². The maximum absolute atomic E-state index is 13.5. The number of hydrogen-bond donors (Lipinski definition) is 0. The molecule has 4 rings (SSSR count). The van der Waals surface area contributed by atoms with Gasteiger partial charge in [-0.3, -0.25) is 0 Å². The highest BCUT2D eigenvalue weighted by molar-refractivity contribution is 7.99. The van der Waals surface area contributed by atoms with Gasteiger partial charge in [0.25, 0.3) is 0 Å². The summed E-state index contributed by atoms with van der Waals surface area (Å²) in [6.07, 6.45) is -1.37. The summed E-state index contributed by atoms with van der Waals surface area (Å²) < 4.78 is 41.0. The lowest BCUT2D eigenvalue weighted by Gasteiger charge is -2.43. The third-order valence-corrected chi connectivity index (χ3v) is 9.26. The van der Waals surface area contributed by atoms with Crippen molar-refractivity contribution in [3.05, 3.63) is 120 Å². The van der Waals surface area contributed by atoms with Gasteiger partial charge in [0.05, 0.1) is 22.9 Å². The van der Waals surface area contributed by atoms with Gasteiger partial charge in [-0.05, 0) is 69.3 Å². The Labute approximate surface area is 276 Å². The average molecular weight is 664 g/mol. The summed E-state index contributed by atoms with van der Waals surface area (Å²) in [4.78, 5) is 40.4. The maximum atomic E-state index is 13.5. The van der Waals surface area contributed by atoms with Gasteiger partial charge in [0.2, 0.25) is 0 Å². The van der Waals surface area contributed by atoms with E-state index >= 15 is 0 Å². The average Bonchev–Trinajstić information content (AvgIpc) is 3.06. The van der Waals surface area contributed by atoms with Crippen molar-refractivity contribution in [2.24, 2.45) is 4.40 Å². The summed E-state index contributed by atoms with van der Waals surface area (Å²) in [5, 5.41) is 0. The predicted molar refractivity (Wildman–Crippen MR) is 179 cm³/mol. The Morgan fingerprint density at radius 3 is 1.67 bits per heavy atom. The van der Waals surface area contributed by atoms with Gasteiger partial charge in [0.15, 0.2) is 18.3 Å². The number of carbonyl (C=O) groups excluding carboxylic acids is 3. The summed E-state index contributed by atoms with van der Waals surface area (Å²) in [5.41, 5.74) is -0.143. The molecule has 0 aromatic heterocycles. The summed E-state index contributed by atoms with van der Waals surface area (Å²) in [7, 11) is 0. The Bertz CT molecular complexity index is 1480. The number of hydrogen-bond acceptors (Lipinski definition) is 10. The number of thioether (sulfide) groups is 1. The lowest BCUT2D eigenvalue weighted by atomic mass is 9.99. The third kappa shape index (κ3) is 9.56. The van der Waals surface area contributed by atoms with Crippen LogP contribution >= 0.6 is 11.8 Å². The van der Waals surface area contributed by atoms with Gasteiger partial charge in [0, 0.05) is 0 Å². The van der Waals surface area contributed by atoms with Crippen LogP contribution in [0.3, 0.4) is 0 Å². The summed E-state index contributed by atoms with van der Waals surface area (Å²) in [6.45, 7) is 9.09. The van der Waals surface area contributed by atoms with Crippen LogP contribution in [0.15, 0.2) is 108 Å². The molecule has 0 amide bonds. The summed E-state index contributed by atoms with van der Waals surface area (Å²) >= 11 is -0.365. The molecule has 0 saturated carbocycles. The van der Waals surface area contributed by atoms with Crippen LogP contribution in [0.1, 0.15) is 58.3 Å². The van der Waals surface area contributed by atoms with Crippen LogP contribution in [-0.2, 0) is 30.3 Å². The summed E-state index contributed by atoms with van der Waals surface area (Å²) in [5.74, 6) is -1.61. The largest absolute Gasteiger partial charge is 0.591 e. The minimum atomic E-state index is -1.68. The van der Waals surface area contributed by atoms with E-state index in [9.17, 15) is 18.9 Å². The smallest absolute Gasteiger partial charge is 0.338 e. The van der Waals surface area contributed by atoms with Crippen LogP contribution in [-0.4, -0.2) is 69.0 Å². The number of carbonyl (C=O) groups is 3. The molecule has 0 aliphatic carbocycles. The van der Waals surface area contributed by atoms with Gasteiger partial charge in [0.1, 0.15) is 27.6 Å². The molecule has 1 saturated heterocycles. The molecule has 0 spiro atoms. The quantitative estimate of drug-likeness (QED) is 0.0554. The van der Waals surface area contributed by atoms with Gasteiger partial charge >= 0.3 is 17.9 Å². The molecule has 0 bridgehead atoms. The highest BCUT2D eigenvalue weighted by Crippen LogP contribution is 2.35. The molecular weight excluding hydrogens is 627 g/mol. The van der Waals surface area contributed by atoms with Crippen LogP contribution in [0, 0.1) is 0 Å². The molecule has 6 atom stereocenters. The number of rotatable bonds is 12. The predicted octanol–water partition coefficient (Wildman–Crippen LogP) is 6.23. The zero-order chi connectivity index (χ0) is 33.1. The van der Waals surface area contributed by atoms with E-state index in [1.165, 1.54) is 18.0 Å². The molecular formula is C35H37NO8S2. The molecule has 9 nitrogen and oxygen atoms in total. The maximum Gasteiger partial charge on any atom is 0.338 e. The molecule has 1 heterocycles. The Kier molecular flexibility index (Phi) is 12.6. The van der Waals surface area contributed by atoms with Crippen molar-refractivity contribution in [1.82, 2.24) is 0 Å². The van der Waals surface area contributed by atoms with E-state index in [2.05, 4.69) is 11.0 Å². The fourth-order valence-electron chi connectivity index (χ4n) is 4.32. The van der Waals surface area contributed by atoms with Crippen molar-refractivity contribution in [3.63, 3.8) is 0 Å². The van der Waals surface area contributed by atoms with Crippen molar-refractivity contribution in [2.45, 2.75) is 61.8 Å². The summed E-state index contributed by atoms with van der Waals surface area (Å²) in [6, 6.07) is 24.9. The minimum absolute atomic E-state index is 0.241. The van der Waals surface area contributed by atoms with E-state index in [-0.39, 0.29) is 16.7 Å². The van der Waals surface area contributed by atoms with Gasteiger partial charge < -0.3 is 23.5 Å². The molecule has 3 aromatic carbocycles. The molecule has 11 heteroatoms. The van der Waals surface area contributed by atoms with Gasteiger partial charge in [-0.1, -0.05) is 65.1 Å². The van der Waals surface area contributed by atoms with Gasteiger partial charge in [-0.25, -0.2) is 14.4 Å². The van der Waals surface area contributed by atoms with Crippen LogP contribution in [0.5, 0.6) is 0 Å². The Morgan fingerprint density at radius 2 is 1.24 bits per heavy atom. The molecule has 1 fully saturated rings. The fraction of sp³-hybridized carbons (Fsp3) is 0.314. The van der Waals surface area contributed by atoms with Gasteiger partial charge in [-0.2, -0.15) is 0 Å². The number of ether oxygens (including phenoxy) is 4. The van der Waals surface area contributed by atoms with E-state index < -0.39 is 63.9 Å². The highest BCUT2D eigenvalue weighted by atomic mass is 32.2. The second kappa shape index (κ2) is 16.6. The first-order valence-electron chi connectivity index (χ1n) is 14.7. The normalized spacial score (nSPS) is 22.0. The Balaban J connectivity index is 1.80. The third-order valence-electron chi connectivity index (χ3n) is 6.72. The van der Waals surface area contributed by atoms with E-state index in [1.807, 2.05) is 0 Å².